The summed E-state index contributed by atoms with van der Waals surface area (Å²) in [5.41, 5.74) is 0.957. The molecular weight excluding hydrogens is 216 g/mol. The van der Waals surface area contributed by atoms with Crippen molar-refractivity contribution in [1.29, 1.82) is 0 Å². The molecule has 0 spiro atoms. The van der Waals surface area contributed by atoms with E-state index in [1.54, 1.807) is 12.1 Å². The van der Waals surface area contributed by atoms with E-state index in [1.165, 1.54) is 25.3 Å². The van der Waals surface area contributed by atoms with Crippen LogP contribution in [0.15, 0.2) is 24.3 Å². The maximum absolute atomic E-state index is 10.6. The molecule has 0 aliphatic heterocycles. The summed E-state index contributed by atoms with van der Waals surface area (Å²) in [6.45, 7) is 4.28. The van der Waals surface area contributed by atoms with Gasteiger partial charge in [-0.3, -0.25) is 10.1 Å². The average Bonchev–Trinajstić information content (AvgIpc) is 2.29. The zero-order valence-electron chi connectivity index (χ0n) is 10.5. The van der Waals surface area contributed by atoms with Gasteiger partial charge in [-0.05, 0) is 19.4 Å². The highest BCUT2D eigenvalue weighted by molar-refractivity contribution is 5.51. The second-order valence-electron chi connectivity index (χ2n) is 4.35. The molecule has 1 aromatic carbocycles. The summed E-state index contributed by atoms with van der Waals surface area (Å²) in [6, 6.07) is 7.01. The lowest BCUT2D eigenvalue weighted by molar-refractivity contribution is -0.384. The Morgan fingerprint density at radius 1 is 1.41 bits per heavy atom. The topological polar surface area (TPSA) is 55.2 Å². The first-order valence-electron chi connectivity index (χ1n) is 6.14. The lowest BCUT2D eigenvalue weighted by atomic mass is 10.1. The van der Waals surface area contributed by atoms with Gasteiger partial charge in [0.15, 0.2) is 0 Å². The Balaban J connectivity index is 2.50. The second-order valence-corrected chi connectivity index (χ2v) is 4.35. The van der Waals surface area contributed by atoms with Crippen molar-refractivity contribution in [3.05, 3.63) is 34.4 Å². The molecule has 0 saturated heterocycles. The van der Waals surface area contributed by atoms with Gasteiger partial charge < -0.3 is 5.32 Å². The normalized spacial score (nSPS) is 12.1. The van der Waals surface area contributed by atoms with Crippen LogP contribution in [0.2, 0.25) is 0 Å². The number of nitrogens with zero attached hydrogens (tertiary/aromatic N) is 1. The van der Waals surface area contributed by atoms with E-state index in [9.17, 15) is 10.1 Å². The van der Waals surface area contributed by atoms with Crippen LogP contribution in [-0.2, 0) is 0 Å². The molecule has 0 heterocycles. The maximum atomic E-state index is 10.6. The zero-order chi connectivity index (χ0) is 12.7. The summed E-state index contributed by atoms with van der Waals surface area (Å²) in [6.07, 6.45) is 4.74. The van der Waals surface area contributed by atoms with E-state index >= 15 is 0 Å². The molecule has 94 valence electrons. The van der Waals surface area contributed by atoms with Crippen LogP contribution in [0.4, 0.5) is 11.4 Å². The van der Waals surface area contributed by atoms with E-state index < -0.39 is 0 Å². The molecule has 0 saturated carbocycles. The summed E-state index contributed by atoms with van der Waals surface area (Å²) < 4.78 is 0. The molecule has 0 aliphatic rings. The number of nitro benzene ring substituents is 1. The van der Waals surface area contributed by atoms with Gasteiger partial charge in [-0.15, -0.1) is 0 Å². The van der Waals surface area contributed by atoms with Gasteiger partial charge in [0.2, 0.25) is 0 Å². The Morgan fingerprint density at radius 2 is 2.18 bits per heavy atom. The van der Waals surface area contributed by atoms with Gasteiger partial charge in [0.25, 0.3) is 5.69 Å². The minimum Gasteiger partial charge on any atom is -0.382 e. The van der Waals surface area contributed by atoms with Gasteiger partial charge in [-0.2, -0.15) is 0 Å². The largest absolute Gasteiger partial charge is 0.382 e. The molecule has 17 heavy (non-hydrogen) atoms. The first-order valence-corrected chi connectivity index (χ1v) is 6.14. The van der Waals surface area contributed by atoms with Crippen molar-refractivity contribution in [2.75, 3.05) is 5.32 Å². The predicted molar refractivity (Wildman–Crippen MR) is 70.3 cm³/mol. The molecule has 4 heteroatoms. The smallest absolute Gasteiger partial charge is 0.271 e. The van der Waals surface area contributed by atoms with Gasteiger partial charge >= 0.3 is 0 Å². The summed E-state index contributed by atoms with van der Waals surface area (Å²) in [7, 11) is 0. The number of nitrogens with one attached hydrogen (secondary N) is 1. The van der Waals surface area contributed by atoms with Gasteiger partial charge in [-0.25, -0.2) is 0 Å². The zero-order valence-corrected chi connectivity index (χ0v) is 10.5. The third-order valence-corrected chi connectivity index (χ3v) is 2.71. The molecule has 0 bridgehead atoms. The van der Waals surface area contributed by atoms with Crippen molar-refractivity contribution >= 4 is 11.4 Å². The molecule has 1 aromatic rings. The Hall–Kier alpha value is -1.58. The third-order valence-electron chi connectivity index (χ3n) is 2.71. The Kier molecular flexibility index (Phi) is 5.46. The maximum Gasteiger partial charge on any atom is 0.271 e. The fraction of sp³-hybridized carbons (Fsp3) is 0.538. The monoisotopic (exact) mass is 236 g/mol. The highest BCUT2D eigenvalue weighted by atomic mass is 16.6. The number of hydrogen-bond donors (Lipinski definition) is 1. The van der Waals surface area contributed by atoms with E-state index in [-0.39, 0.29) is 10.6 Å². The molecule has 0 radical (unpaired) electrons. The van der Waals surface area contributed by atoms with Gasteiger partial charge in [0.05, 0.1) is 4.92 Å². The van der Waals surface area contributed by atoms with Gasteiger partial charge in [0.1, 0.15) is 0 Å². The van der Waals surface area contributed by atoms with Crippen molar-refractivity contribution in [1.82, 2.24) is 0 Å². The summed E-state index contributed by atoms with van der Waals surface area (Å²) >= 11 is 0. The van der Waals surface area contributed by atoms with E-state index in [1.807, 2.05) is 6.07 Å². The highest BCUT2D eigenvalue weighted by Gasteiger charge is 2.07. The summed E-state index contributed by atoms with van der Waals surface area (Å²) in [5, 5.41) is 13.9. The molecule has 0 aromatic heterocycles. The highest BCUT2D eigenvalue weighted by Crippen LogP contribution is 2.18. The SMILES string of the molecule is CCCCCC(C)Nc1cccc([N+](=O)[O-])c1. The number of unbranched alkanes of at least 4 members (excludes halogenated alkanes) is 2. The van der Waals surface area contributed by atoms with Gasteiger partial charge in [0, 0.05) is 23.9 Å². The molecule has 0 aliphatic carbocycles. The van der Waals surface area contributed by atoms with Crippen molar-refractivity contribution in [3.63, 3.8) is 0 Å². The van der Waals surface area contributed by atoms with Crippen LogP contribution >= 0.6 is 0 Å². The number of non-ortho nitro benzene ring substituents is 1. The lowest BCUT2D eigenvalue weighted by Gasteiger charge is -2.14. The number of nitro groups is 1. The van der Waals surface area contributed by atoms with Crippen LogP contribution in [0.1, 0.15) is 39.5 Å². The van der Waals surface area contributed by atoms with Crippen LogP contribution in [0.3, 0.4) is 0 Å². The van der Waals surface area contributed by atoms with E-state index in [0.717, 1.165) is 12.1 Å². The van der Waals surface area contributed by atoms with Crippen LogP contribution < -0.4 is 5.32 Å². The molecule has 0 amide bonds. The fourth-order valence-electron chi connectivity index (χ4n) is 1.77. The van der Waals surface area contributed by atoms with Crippen molar-refractivity contribution in [2.24, 2.45) is 0 Å². The Morgan fingerprint density at radius 3 is 2.82 bits per heavy atom. The van der Waals surface area contributed by atoms with Crippen LogP contribution in [0.5, 0.6) is 0 Å². The molecule has 0 fully saturated rings. The molecule has 1 atom stereocenters. The molecule has 1 unspecified atom stereocenters. The number of rotatable bonds is 7. The fourth-order valence-corrected chi connectivity index (χ4v) is 1.77. The molecule has 1 N–H and O–H groups in total. The molecule has 4 nitrogen and oxygen atoms in total. The van der Waals surface area contributed by atoms with Crippen molar-refractivity contribution in [3.8, 4) is 0 Å². The van der Waals surface area contributed by atoms with Crippen molar-refractivity contribution in [2.45, 2.75) is 45.6 Å². The van der Waals surface area contributed by atoms with Crippen LogP contribution in [-0.4, -0.2) is 11.0 Å². The van der Waals surface area contributed by atoms with Crippen molar-refractivity contribution < 1.29 is 4.92 Å². The van der Waals surface area contributed by atoms with Gasteiger partial charge in [-0.1, -0.05) is 32.3 Å². The third kappa shape index (κ3) is 4.85. The Bertz CT molecular complexity index is 366. The van der Waals surface area contributed by atoms with Crippen LogP contribution in [0, 0.1) is 10.1 Å². The quantitative estimate of drug-likeness (QED) is 0.442. The number of benzene rings is 1. The van der Waals surface area contributed by atoms with E-state index in [4.69, 9.17) is 0 Å². The standard InChI is InChI=1S/C13H20N2O2/c1-3-4-5-7-11(2)14-12-8-6-9-13(10-12)15(16)17/h6,8-11,14H,3-5,7H2,1-2H3. The number of anilines is 1. The predicted octanol–water partition coefficient (Wildman–Crippen LogP) is 3.98. The molecular formula is C13H20N2O2. The first kappa shape index (κ1) is 13.5. The van der Waals surface area contributed by atoms with E-state index in [0.29, 0.717) is 6.04 Å². The van der Waals surface area contributed by atoms with Crippen LogP contribution in [0.25, 0.3) is 0 Å². The molecule has 1 rings (SSSR count). The number of hydrogen-bond acceptors (Lipinski definition) is 3. The minimum absolute atomic E-state index is 0.135. The minimum atomic E-state index is -0.368. The first-order chi connectivity index (χ1) is 8.13. The summed E-state index contributed by atoms with van der Waals surface area (Å²) in [5.74, 6) is 0. The lowest BCUT2D eigenvalue weighted by Crippen LogP contribution is -2.14. The Labute approximate surface area is 102 Å². The summed E-state index contributed by atoms with van der Waals surface area (Å²) in [4.78, 5) is 10.3. The average molecular weight is 236 g/mol. The second kappa shape index (κ2) is 6.89. The van der Waals surface area contributed by atoms with E-state index in [2.05, 4.69) is 19.2 Å².